The van der Waals surface area contributed by atoms with Gasteiger partial charge in [0.25, 0.3) is 5.69 Å². The zero-order chi connectivity index (χ0) is 10.0. The number of nitro benzene ring substituents is 1. The molecule has 0 radical (unpaired) electrons. The molecule has 1 aromatic rings. The van der Waals surface area contributed by atoms with Gasteiger partial charge in [0.15, 0.2) is 0 Å². The minimum atomic E-state index is -0.538. The summed E-state index contributed by atoms with van der Waals surface area (Å²) in [7, 11) is 0. The van der Waals surface area contributed by atoms with Crippen LogP contribution < -0.4 is 0 Å². The van der Waals surface area contributed by atoms with E-state index in [9.17, 15) is 10.1 Å². The molecule has 0 aliphatic rings. The van der Waals surface area contributed by atoms with Crippen molar-refractivity contribution in [1.29, 1.82) is 0 Å². The van der Waals surface area contributed by atoms with E-state index in [4.69, 9.17) is 16.7 Å². The van der Waals surface area contributed by atoms with Crippen LogP contribution in [0.15, 0.2) is 12.1 Å². The Morgan fingerprint density at radius 1 is 1.62 bits per heavy atom. The molecule has 1 aromatic carbocycles. The lowest BCUT2D eigenvalue weighted by molar-refractivity contribution is -0.385. The maximum absolute atomic E-state index is 10.5. The van der Waals surface area contributed by atoms with Gasteiger partial charge < -0.3 is 5.11 Å². The lowest BCUT2D eigenvalue weighted by atomic mass is 10.2. The Balaban J connectivity index is 3.38. The summed E-state index contributed by atoms with van der Waals surface area (Å²) in [6, 6.07) is 2.73. The van der Waals surface area contributed by atoms with Crippen LogP contribution in [-0.2, 0) is 6.61 Å². The van der Waals surface area contributed by atoms with E-state index in [1.54, 1.807) is 0 Å². The summed E-state index contributed by atoms with van der Waals surface area (Å²) in [5.41, 5.74) is 0.161. The highest BCUT2D eigenvalue weighted by Crippen LogP contribution is 2.29. The van der Waals surface area contributed by atoms with E-state index < -0.39 is 4.92 Å². The highest BCUT2D eigenvalue weighted by molar-refractivity contribution is 14.1. The highest BCUT2D eigenvalue weighted by atomic mass is 127. The first-order valence-corrected chi connectivity index (χ1v) is 4.75. The Labute approximate surface area is 92.8 Å². The number of aliphatic hydroxyl groups excluding tert-OH is 1. The van der Waals surface area contributed by atoms with E-state index in [1.165, 1.54) is 12.1 Å². The Hall–Kier alpha value is -0.400. The van der Waals surface area contributed by atoms with Crippen molar-refractivity contribution < 1.29 is 10.0 Å². The fraction of sp³-hybridized carbons (Fsp3) is 0.143. The molecule has 0 amide bonds. The molecule has 13 heavy (non-hydrogen) atoms. The molecule has 0 bridgehead atoms. The van der Waals surface area contributed by atoms with E-state index in [0.717, 1.165) is 0 Å². The Kier molecular flexibility index (Phi) is 3.46. The van der Waals surface area contributed by atoms with Gasteiger partial charge in [-0.25, -0.2) is 0 Å². The largest absolute Gasteiger partial charge is 0.391 e. The topological polar surface area (TPSA) is 63.4 Å². The molecule has 0 saturated heterocycles. The SMILES string of the molecule is O=[N+]([O-])c1ccc(Cl)c(I)c1CO. The number of hydrogen-bond acceptors (Lipinski definition) is 3. The third-order valence-corrected chi connectivity index (χ3v) is 3.39. The number of rotatable bonds is 2. The van der Waals surface area contributed by atoms with Crippen molar-refractivity contribution in [3.05, 3.63) is 36.4 Å². The van der Waals surface area contributed by atoms with Crippen LogP contribution in [0.3, 0.4) is 0 Å². The van der Waals surface area contributed by atoms with Crippen molar-refractivity contribution in [2.45, 2.75) is 6.61 Å². The molecule has 0 fully saturated rings. The van der Waals surface area contributed by atoms with E-state index >= 15 is 0 Å². The molecule has 0 saturated carbocycles. The number of benzene rings is 1. The Morgan fingerprint density at radius 2 is 2.23 bits per heavy atom. The maximum Gasteiger partial charge on any atom is 0.276 e. The molecule has 0 atom stereocenters. The molecular formula is C7H5ClINO3. The van der Waals surface area contributed by atoms with Crippen LogP contribution in [0, 0.1) is 13.7 Å². The normalized spacial score (nSPS) is 10.1. The van der Waals surface area contributed by atoms with Gasteiger partial charge in [0, 0.05) is 9.64 Å². The molecule has 1 rings (SSSR count). The van der Waals surface area contributed by atoms with Crippen molar-refractivity contribution >= 4 is 39.9 Å². The zero-order valence-corrected chi connectivity index (χ0v) is 9.24. The molecule has 0 aromatic heterocycles. The van der Waals surface area contributed by atoms with Crippen LogP contribution in [0.2, 0.25) is 5.02 Å². The summed E-state index contributed by atoms with van der Waals surface area (Å²) >= 11 is 7.60. The van der Waals surface area contributed by atoms with E-state index in [-0.39, 0.29) is 17.9 Å². The molecule has 70 valence electrons. The van der Waals surface area contributed by atoms with Gasteiger partial charge in [0.2, 0.25) is 0 Å². The van der Waals surface area contributed by atoms with Gasteiger partial charge in [0.05, 0.1) is 22.1 Å². The molecule has 6 heteroatoms. The van der Waals surface area contributed by atoms with Gasteiger partial charge in [0.1, 0.15) is 0 Å². The fourth-order valence-electron chi connectivity index (χ4n) is 0.904. The monoisotopic (exact) mass is 313 g/mol. The second-order valence-corrected chi connectivity index (χ2v) is 3.76. The highest BCUT2D eigenvalue weighted by Gasteiger charge is 2.17. The van der Waals surface area contributed by atoms with Crippen LogP contribution in [-0.4, -0.2) is 10.0 Å². The maximum atomic E-state index is 10.5. The Bertz CT molecular complexity index is 356. The standard InChI is InChI=1S/C7H5ClINO3/c8-5-1-2-6(10(12)13)4(3-11)7(5)9/h1-2,11H,3H2. The summed E-state index contributed by atoms with van der Waals surface area (Å²) in [5.74, 6) is 0. The van der Waals surface area contributed by atoms with Crippen molar-refractivity contribution in [3.8, 4) is 0 Å². The van der Waals surface area contributed by atoms with Crippen LogP contribution >= 0.6 is 34.2 Å². The fourth-order valence-corrected chi connectivity index (χ4v) is 1.71. The van der Waals surface area contributed by atoms with Crippen molar-refractivity contribution in [2.24, 2.45) is 0 Å². The van der Waals surface area contributed by atoms with E-state index in [2.05, 4.69) is 0 Å². The summed E-state index contributed by atoms with van der Waals surface area (Å²) in [6.45, 7) is -0.380. The number of nitrogens with zero attached hydrogens (tertiary/aromatic N) is 1. The molecule has 4 nitrogen and oxygen atoms in total. The van der Waals surface area contributed by atoms with Crippen molar-refractivity contribution in [1.82, 2.24) is 0 Å². The summed E-state index contributed by atoms with van der Waals surface area (Å²) in [6.07, 6.45) is 0. The minimum Gasteiger partial charge on any atom is -0.391 e. The van der Waals surface area contributed by atoms with Crippen LogP contribution in [0.1, 0.15) is 5.56 Å². The van der Waals surface area contributed by atoms with Crippen molar-refractivity contribution in [2.75, 3.05) is 0 Å². The predicted molar refractivity (Wildman–Crippen MR) is 56.7 cm³/mol. The second kappa shape index (κ2) is 4.21. The lowest BCUT2D eigenvalue weighted by Crippen LogP contribution is -1.98. The Morgan fingerprint density at radius 3 is 2.69 bits per heavy atom. The van der Waals surface area contributed by atoms with Gasteiger partial charge in [-0.3, -0.25) is 10.1 Å². The van der Waals surface area contributed by atoms with Gasteiger partial charge in [-0.1, -0.05) is 11.6 Å². The summed E-state index contributed by atoms with van der Waals surface area (Å²) in [4.78, 5) is 9.95. The molecule has 0 aliphatic heterocycles. The zero-order valence-electron chi connectivity index (χ0n) is 6.33. The van der Waals surface area contributed by atoms with Gasteiger partial charge in [-0.2, -0.15) is 0 Å². The summed E-state index contributed by atoms with van der Waals surface area (Å²) in [5, 5.41) is 19.8. The lowest BCUT2D eigenvalue weighted by Gasteiger charge is -2.03. The van der Waals surface area contributed by atoms with Gasteiger partial charge in [-0.05, 0) is 28.7 Å². The summed E-state index contributed by atoms with van der Waals surface area (Å²) < 4.78 is 0.524. The molecule has 0 unspecified atom stereocenters. The quantitative estimate of drug-likeness (QED) is 0.518. The average molecular weight is 313 g/mol. The number of hydrogen-bond donors (Lipinski definition) is 1. The minimum absolute atomic E-state index is 0.101. The van der Waals surface area contributed by atoms with E-state index in [0.29, 0.717) is 8.59 Å². The first-order chi connectivity index (χ1) is 6.07. The van der Waals surface area contributed by atoms with Gasteiger partial charge in [-0.15, -0.1) is 0 Å². The molecule has 0 spiro atoms. The van der Waals surface area contributed by atoms with Gasteiger partial charge >= 0.3 is 0 Å². The molecule has 0 aliphatic carbocycles. The van der Waals surface area contributed by atoms with Crippen LogP contribution in [0.25, 0.3) is 0 Å². The van der Waals surface area contributed by atoms with E-state index in [1.807, 2.05) is 22.6 Å². The first-order valence-electron chi connectivity index (χ1n) is 3.30. The van der Waals surface area contributed by atoms with Crippen LogP contribution in [0.4, 0.5) is 5.69 Å². The predicted octanol–water partition coefficient (Wildman–Crippen LogP) is 2.35. The number of nitro groups is 1. The molecule has 0 heterocycles. The second-order valence-electron chi connectivity index (χ2n) is 2.27. The molecule has 1 N–H and O–H groups in total. The first kappa shape index (κ1) is 10.7. The number of aliphatic hydroxyl groups is 1. The third-order valence-electron chi connectivity index (χ3n) is 1.53. The third kappa shape index (κ3) is 2.09. The van der Waals surface area contributed by atoms with Crippen LogP contribution in [0.5, 0.6) is 0 Å². The number of halogens is 2. The smallest absolute Gasteiger partial charge is 0.276 e. The average Bonchev–Trinajstić information content (AvgIpc) is 2.09. The van der Waals surface area contributed by atoms with Crippen molar-refractivity contribution in [3.63, 3.8) is 0 Å². The molecular weight excluding hydrogens is 308 g/mol.